The van der Waals surface area contributed by atoms with Gasteiger partial charge in [-0.1, -0.05) is 41.9 Å². The summed E-state index contributed by atoms with van der Waals surface area (Å²) < 4.78 is 0. The molecule has 6 heteroatoms. The highest BCUT2D eigenvalue weighted by Crippen LogP contribution is 2.24. The predicted molar refractivity (Wildman–Crippen MR) is 95.0 cm³/mol. The van der Waals surface area contributed by atoms with Crippen LogP contribution in [0.5, 0.6) is 0 Å². The molecule has 2 amide bonds. The molecule has 0 saturated heterocycles. The van der Waals surface area contributed by atoms with E-state index in [0.29, 0.717) is 10.7 Å². The van der Waals surface area contributed by atoms with Gasteiger partial charge in [-0.25, -0.2) is 9.59 Å². The summed E-state index contributed by atoms with van der Waals surface area (Å²) in [5, 5.41) is 16.7. The lowest BCUT2D eigenvalue weighted by Gasteiger charge is -2.11. The third kappa shape index (κ3) is 3.47. The Bertz CT molecular complexity index is 940. The van der Waals surface area contributed by atoms with Crippen molar-refractivity contribution in [1.82, 2.24) is 0 Å². The number of carbonyl (C=O) groups excluding carboxylic acids is 1. The summed E-state index contributed by atoms with van der Waals surface area (Å²) in [5.41, 5.74) is 0.758. The number of carbonyl (C=O) groups is 2. The minimum absolute atomic E-state index is 0.0231. The molecule has 0 aromatic heterocycles. The molecule has 3 rings (SSSR count). The number of benzene rings is 3. The first-order valence-corrected chi connectivity index (χ1v) is 7.50. The van der Waals surface area contributed by atoms with Gasteiger partial charge in [-0.15, -0.1) is 0 Å². The Hall–Kier alpha value is -3.05. The molecule has 5 nitrogen and oxygen atoms in total. The van der Waals surface area contributed by atoms with Crippen molar-refractivity contribution in [1.29, 1.82) is 0 Å². The zero-order valence-electron chi connectivity index (χ0n) is 12.4. The number of hydrogen-bond acceptors (Lipinski definition) is 2. The molecule has 3 aromatic carbocycles. The zero-order valence-corrected chi connectivity index (χ0v) is 13.2. The highest BCUT2D eigenvalue weighted by Gasteiger charge is 2.14. The van der Waals surface area contributed by atoms with Gasteiger partial charge in [0.1, 0.15) is 0 Å². The van der Waals surface area contributed by atoms with Crippen LogP contribution in [0.1, 0.15) is 10.4 Å². The topological polar surface area (TPSA) is 78.4 Å². The molecule has 3 aromatic rings. The van der Waals surface area contributed by atoms with E-state index in [4.69, 9.17) is 11.6 Å². The van der Waals surface area contributed by atoms with Gasteiger partial charge in [-0.2, -0.15) is 0 Å². The van der Waals surface area contributed by atoms with Crippen LogP contribution in [0.25, 0.3) is 10.8 Å². The summed E-state index contributed by atoms with van der Waals surface area (Å²) in [5.74, 6) is -1.11. The second-order valence-electron chi connectivity index (χ2n) is 5.14. The van der Waals surface area contributed by atoms with Crippen molar-refractivity contribution in [3.63, 3.8) is 0 Å². The first-order chi connectivity index (χ1) is 11.5. The Morgan fingerprint density at radius 2 is 1.58 bits per heavy atom. The van der Waals surface area contributed by atoms with Gasteiger partial charge in [-0.3, -0.25) is 0 Å². The molecule has 0 saturated carbocycles. The van der Waals surface area contributed by atoms with Gasteiger partial charge >= 0.3 is 12.0 Å². The van der Waals surface area contributed by atoms with Crippen LogP contribution in [-0.4, -0.2) is 17.1 Å². The molecule has 0 aliphatic rings. The third-order valence-corrected chi connectivity index (χ3v) is 3.68. The standard InChI is InChI=1S/C18H13ClN2O3/c19-13-6-3-7-14(10-13)20-18(24)21-16-9-12-5-2-1-4-11(12)8-15(16)17(22)23/h1-10H,(H,22,23)(H2,20,21,24). The maximum atomic E-state index is 12.1. The zero-order chi connectivity index (χ0) is 17.1. The van der Waals surface area contributed by atoms with Gasteiger partial charge in [0.2, 0.25) is 0 Å². The molecule has 0 radical (unpaired) electrons. The molecule has 0 unspecified atom stereocenters. The molecule has 24 heavy (non-hydrogen) atoms. The number of amides is 2. The number of hydrogen-bond donors (Lipinski definition) is 3. The number of carboxylic acids is 1. The van der Waals surface area contributed by atoms with Crippen LogP contribution in [0.3, 0.4) is 0 Å². The normalized spacial score (nSPS) is 10.4. The number of halogens is 1. The van der Waals surface area contributed by atoms with Crippen LogP contribution in [-0.2, 0) is 0 Å². The van der Waals surface area contributed by atoms with E-state index in [2.05, 4.69) is 10.6 Å². The quantitative estimate of drug-likeness (QED) is 0.638. The van der Waals surface area contributed by atoms with Gasteiger partial charge in [0.15, 0.2) is 0 Å². The average Bonchev–Trinajstić information content (AvgIpc) is 2.54. The van der Waals surface area contributed by atoms with Gasteiger partial charge in [0.25, 0.3) is 0 Å². The lowest BCUT2D eigenvalue weighted by atomic mass is 10.0. The number of carboxylic acid groups (broad SMARTS) is 1. The van der Waals surface area contributed by atoms with Crippen LogP contribution >= 0.6 is 11.6 Å². The fourth-order valence-electron chi connectivity index (χ4n) is 2.37. The Balaban J connectivity index is 1.89. The van der Waals surface area contributed by atoms with Crippen molar-refractivity contribution < 1.29 is 14.7 Å². The second-order valence-corrected chi connectivity index (χ2v) is 5.58. The molecule has 0 fully saturated rings. The van der Waals surface area contributed by atoms with E-state index >= 15 is 0 Å². The molecule has 0 spiro atoms. The van der Waals surface area contributed by atoms with E-state index in [9.17, 15) is 14.7 Å². The smallest absolute Gasteiger partial charge is 0.337 e. The van der Waals surface area contributed by atoms with Gasteiger partial charge in [-0.05, 0) is 41.1 Å². The maximum absolute atomic E-state index is 12.1. The minimum Gasteiger partial charge on any atom is -0.478 e. The van der Waals surface area contributed by atoms with Crippen LogP contribution < -0.4 is 10.6 Å². The molecule has 120 valence electrons. The van der Waals surface area contributed by atoms with E-state index in [1.807, 2.05) is 24.3 Å². The first-order valence-electron chi connectivity index (χ1n) is 7.12. The number of nitrogens with one attached hydrogen (secondary N) is 2. The highest BCUT2D eigenvalue weighted by molar-refractivity contribution is 6.30. The molecule has 3 N–H and O–H groups in total. The number of rotatable bonds is 3. The van der Waals surface area contributed by atoms with E-state index < -0.39 is 12.0 Å². The summed E-state index contributed by atoms with van der Waals surface area (Å²) in [6.07, 6.45) is 0. The van der Waals surface area contributed by atoms with Gasteiger partial charge in [0, 0.05) is 10.7 Å². The Morgan fingerprint density at radius 3 is 2.25 bits per heavy atom. The molecular formula is C18H13ClN2O3. The largest absolute Gasteiger partial charge is 0.478 e. The molecule has 0 bridgehead atoms. The predicted octanol–water partition coefficient (Wildman–Crippen LogP) is 4.84. The second kappa shape index (κ2) is 6.60. The lowest BCUT2D eigenvalue weighted by Crippen LogP contribution is -2.21. The van der Waals surface area contributed by atoms with Crippen molar-refractivity contribution in [2.75, 3.05) is 10.6 Å². The van der Waals surface area contributed by atoms with Gasteiger partial charge < -0.3 is 15.7 Å². The summed E-state index contributed by atoms with van der Waals surface area (Å²) in [6.45, 7) is 0. The number of fused-ring (bicyclic) bond motifs is 1. The van der Waals surface area contributed by atoms with E-state index in [-0.39, 0.29) is 11.3 Å². The molecule has 0 aliphatic carbocycles. The van der Waals surface area contributed by atoms with Crippen molar-refractivity contribution in [3.8, 4) is 0 Å². The van der Waals surface area contributed by atoms with Crippen LogP contribution in [0, 0.1) is 0 Å². The Kier molecular flexibility index (Phi) is 4.35. The fraction of sp³-hybridized carbons (Fsp3) is 0. The number of urea groups is 1. The average molecular weight is 341 g/mol. The molecule has 0 heterocycles. The van der Waals surface area contributed by atoms with E-state index in [0.717, 1.165) is 10.8 Å². The number of aromatic carboxylic acids is 1. The van der Waals surface area contributed by atoms with Crippen LogP contribution in [0.4, 0.5) is 16.2 Å². The Morgan fingerprint density at radius 1 is 0.875 bits per heavy atom. The van der Waals surface area contributed by atoms with Crippen LogP contribution in [0.2, 0.25) is 5.02 Å². The fourth-order valence-corrected chi connectivity index (χ4v) is 2.56. The van der Waals surface area contributed by atoms with E-state index in [1.54, 1.807) is 30.3 Å². The van der Waals surface area contributed by atoms with Crippen molar-refractivity contribution in [3.05, 3.63) is 71.2 Å². The molecule has 0 atom stereocenters. The highest BCUT2D eigenvalue weighted by atomic mass is 35.5. The first kappa shape index (κ1) is 15.8. The van der Waals surface area contributed by atoms with Crippen LogP contribution in [0.15, 0.2) is 60.7 Å². The van der Waals surface area contributed by atoms with Crippen molar-refractivity contribution in [2.24, 2.45) is 0 Å². The van der Waals surface area contributed by atoms with Gasteiger partial charge in [0.05, 0.1) is 11.3 Å². The van der Waals surface area contributed by atoms with E-state index in [1.165, 1.54) is 6.07 Å². The summed E-state index contributed by atoms with van der Waals surface area (Å²) in [6, 6.07) is 16.6. The minimum atomic E-state index is -1.11. The SMILES string of the molecule is O=C(Nc1cccc(Cl)c1)Nc1cc2ccccc2cc1C(=O)O. The maximum Gasteiger partial charge on any atom is 0.337 e. The third-order valence-electron chi connectivity index (χ3n) is 3.45. The summed E-state index contributed by atoms with van der Waals surface area (Å²) >= 11 is 5.87. The summed E-state index contributed by atoms with van der Waals surface area (Å²) in [7, 11) is 0. The van der Waals surface area contributed by atoms with Crippen molar-refractivity contribution in [2.45, 2.75) is 0 Å². The number of anilines is 2. The Labute approximate surface area is 142 Å². The molecular weight excluding hydrogens is 328 g/mol. The monoisotopic (exact) mass is 340 g/mol. The molecule has 0 aliphatic heterocycles. The summed E-state index contributed by atoms with van der Waals surface area (Å²) in [4.78, 5) is 23.6. The van der Waals surface area contributed by atoms with Crippen molar-refractivity contribution >= 4 is 45.7 Å². The lowest BCUT2D eigenvalue weighted by molar-refractivity contribution is 0.0698.